The topological polar surface area (TPSA) is 91.3 Å². The van der Waals surface area contributed by atoms with Crippen molar-refractivity contribution in [3.8, 4) is 11.5 Å². The molecule has 4 atom stereocenters. The van der Waals surface area contributed by atoms with Crippen molar-refractivity contribution in [1.29, 1.82) is 0 Å². The fourth-order valence-corrected chi connectivity index (χ4v) is 4.65. The van der Waals surface area contributed by atoms with Crippen LogP contribution in [0.25, 0.3) is 0 Å². The predicted octanol–water partition coefficient (Wildman–Crippen LogP) is 0.254. The number of nitrogens with one attached hydrogen (secondary N) is 1. The first-order valence-corrected chi connectivity index (χ1v) is 9.65. The Kier molecular flexibility index (Phi) is 5.01. The number of amides is 1. The van der Waals surface area contributed by atoms with E-state index in [1.165, 1.54) is 0 Å². The number of hydrogen-bond donors (Lipinski definition) is 3. The Labute approximate surface area is 159 Å². The van der Waals surface area contributed by atoms with Gasteiger partial charge in [0.25, 0.3) is 0 Å². The van der Waals surface area contributed by atoms with Crippen LogP contribution in [0.2, 0.25) is 0 Å². The smallest absolute Gasteiger partial charge is 0.233 e. The van der Waals surface area contributed by atoms with Gasteiger partial charge in [-0.2, -0.15) is 0 Å². The number of hydrogen-bond acceptors (Lipinski definition) is 6. The Balaban J connectivity index is 1.42. The van der Waals surface area contributed by atoms with E-state index in [0.717, 1.165) is 0 Å². The highest BCUT2D eigenvalue weighted by Gasteiger charge is 2.50. The molecule has 0 spiro atoms. The van der Waals surface area contributed by atoms with Crippen LogP contribution >= 0.6 is 0 Å². The SMILES string of the molecule is COc1ccccc1O[C@@H]1C[C@@H]2CN(C(=O)C3(CO)CNC3)C[C@@H]2C[C@H]1O. The van der Waals surface area contributed by atoms with Crippen LogP contribution in [0.15, 0.2) is 24.3 Å². The largest absolute Gasteiger partial charge is 0.493 e. The molecule has 1 saturated carbocycles. The molecule has 4 rings (SSSR count). The highest BCUT2D eigenvalue weighted by molar-refractivity contribution is 5.84. The maximum atomic E-state index is 12.9. The molecule has 2 heterocycles. The number of carbonyl (C=O) groups is 1. The number of carbonyl (C=O) groups excluding carboxylic acids is 1. The van der Waals surface area contributed by atoms with Crippen molar-refractivity contribution >= 4 is 5.91 Å². The fourth-order valence-electron chi connectivity index (χ4n) is 4.65. The number of aliphatic hydroxyl groups is 2. The van der Waals surface area contributed by atoms with Crippen LogP contribution in [-0.2, 0) is 4.79 Å². The van der Waals surface area contributed by atoms with Gasteiger partial charge in [-0.1, -0.05) is 12.1 Å². The van der Waals surface area contributed by atoms with E-state index in [2.05, 4.69) is 5.32 Å². The summed E-state index contributed by atoms with van der Waals surface area (Å²) in [6.45, 7) is 2.28. The number of methoxy groups -OCH3 is 1. The molecule has 0 bridgehead atoms. The van der Waals surface area contributed by atoms with Crippen LogP contribution < -0.4 is 14.8 Å². The van der Waals surface area contributed by atoms with Gasteiger partial charge >= 0.3 is 0 Å². The van der Waals surface area contributed by atoms with Gasteiger partial charge in [0, 0.05) is 26.2 Å². The van der Waals surface area contributed by atoms with E-state index in [1.807, 2.05) is 29.2 Å². The van der Waals surface area contributed by atoms with Gasteiger partial charge in [-0.3, -0.25) is 4.79 Å². The van der Waals surface area contributed by atoms with Crippen LogP contribution in [0.4, 0.5) is 0 Å². The average Bonchev–Trinajstić information content (AvgIpc) is 3.04. The normalized spacial score (nSPS) is 31.7. The van der Waals surface area contributed by atoms with E-state index in [4.69, 9.17) is 9.47 Å². The van der Waals surface area contributed by atoms with Crippen molar-refractivity contribution in [3.63, 3.8) is 0 Å². The zero-order valence-electron chi connectivity index (χ0n) is 15.6. The molecule has 27 heavy (non-hydrogen) atoms. The van der Waals surface area contributed by atoms with Crippen molar-refractivity contribution in [2.75, 3.05) is 39.9 Å². The summed E-state index contributed by atoms with van der Waals surface area (Å²) in [6, 6.07) is 7.44. The van der Waals surface area contributed by atoms with E-state index in [9.17, 15) is 15.0 Å². The van der Waals surface area contributed by atoms with Gasteiger partial charge < -0.3 is 29.9 Å². The van der Waals surface area contributed by atoms with Crippen molar-refractivity contribution in [2.24, 2.45) is 17.3 Å². The third-order valence-corrected chi connectivity index (χ3v) is 6.40. The van der Waals surface area contributed by atoms with E-state index >= 15 is 0 Å². The molecule has 1 amide bonds. The van der Waals surface area contributed by atoms with E-state index in [-0.39, 0.29) is 24.5 Å². The monoisotopic (exact) mass is 376 g/mol. The molecular weight excluding hydrogens is 348 g/mol. The predicted molar refractivity (Wildman–Crippen MR) is 98.6 cm³/mol. The number of para-hydroxylation sites is 2. The zero-order chi connectivity index (χ0) is 19.0. The van der Waals surface area contributed by atoms with Crippen molar-refractivity contribution in [1.82, 2.24) is 10.2 Å². The fraction of sp³-hybridized carbons (Fsp3) is 0.650. The summed E-state index contributed by atoms with van der Waals surface area (Å²) in [6.07, 6.45) is 0.453. The second kappa shape index (κ2) is 7.30. The minimum absolute atomic E-state index is 0.0369. The maximum absolute atomic E-state index is 12.9. The summed E-state index contributed by atoms with van der Waals surface area (Å²) in [5.41, 5.74) is -0.653. The summed E-state index contributed by atoms with van der Waals surface area (Å²) in [5.74, 6) is 1.91. The van der Waals surface area contributed by atoms with Crippen molar-refractivity contribution < 1.29 is 24.5 Å². The summed E-state index contributed by atoms with van der Waals surface area (Å²) in [4.78, 5) is 14.8. The first-order valence-electron chi connectivity index (χ1n) is 9.65. The molecule has 0 radical (unpaired) electrons. The molecule has 7 heteroatoms. The lowest BCUT2D eigenvalue weighted by atomic mass is 9.78. The third-order valence-electron chi connectivity index (χ3n) is 6.40. The molecule has 148 valence electrons. The number of benzene rings is 1. The lowest BCUT2D eigenvalue weighted by Gasteiger charge is -2.42. The lowest BCUT2D eigenvalue weighted by molar-refractivity contribution is -0.147. The van der Waals surface area contributed by atoms with Crippen LogP contribution in [0.1, 0.15) is 12.8 Å². The molecule has 2 aliphatic heterocycles. The number of likely N-dealkylation sites (tertiary alicyclic amines) is 1. The highest BCUT2D eigenvalue weighted by Crippen LogP contribution is 2.40. The molecule has 1 aromatic rings. The first-order chi connectivity index (χ1) is 13.1. The Morgan fingerprint density at radius 2 is 1.89 bits per heavy atom. The zero-order valence-corrected chi connectivity index (χ0v) is 15.6. The molecule has 1 aliphatic carbocycles. The van der Waals surface area contributed by atoms with Gasteiger partial charge in [-0.25, -0.2) is 0 Å². The number of rotatable bonds is 5. The first kappa shape index (κ1) is 18.5. The van der Waals surface area contributed by atoms with Crippen LogP contribution in [0, 0.1) is 17.3 Å². The second-order valence-corrected chi connectivity index (χ2v) is 8.12. The van der Waals surface area contributed by atoms with Gasteiger partial charge in [0.05, 0.1) is 25.2 Å². The van der Waals surface area contributed by atoms with Gasteiger partial charge in [-0.05, 0) is 36.8 Å². The summed E-state index contributed by atoms with van der Waals surface area (Å²) in [5, 5.41) is 23.4. The van der Waals surface area contributed by atoms with Gasteiger partial charge in [0.2, 0.25) is 5.91 Å². The van der Waals surface area contributed by atoms with Crippen LogP contribution in [-0.4, -0.2) is 73.1 Å². The van der Waals surface area contributed by atoms with Gasteiger partial charge in [0.1, 0.15) is 6.10 Å². The molecule has 0 unspecified atom stereocenters. The minimum Gasteiger partial charge on any atom is -0.493 e. The minimum atomic E-state index is -0.653. The average molecular weight is 376 g/mol. The number of nitrogens with zero attached hydrogens (tertiary/aromatic N) is 1. The molecule has 2 saturated heterocycles. The maximum Gasteiger partial charge on any atom is 0.233 e. The Hall–Kier alpha value is -1.83. The Morgan fingerprint density at radius 1 is 1.22 bits per heavy atom. The highest BCUT2D eigenvalue weighted by atomic mass is 16.5. The van der Waals surface area contributed by atoms with E-state index in [0.29, 0.717) is 56.4 Å². The standard InChI is InChI=1S/C20H28N2O5/c1-26-16-4-2-3-5-17(16)27-18-7-14-9-22(8-13(14)6-15(18)24)19(25)20(12-23)10-21-11-20/h2-5,13-15,18,21,23-24H,6-12H2,1H3/t13-,14+,15+,18+/m0/s1. The van der Waals surface area contributed by atoms with Crippen molar-refractivity contribution in [2.45, 2.75) is 25.0 Å². The quantitative estimate of drug-likeness (QED) is 0.683. The number of fused-ring (bicyclic) bond motifs is 1. The molecule has 7 nitrogen and oxygen atoms in total. The van der Waals surface area contributed by atoms with Crippen molar-refractivity contribution in [3.05, 3.63) is 24.3 Å². The summed E-state index contributed by atoms with van der Waals surface area (Å²) < 4.78 is 11.4. The molecule has 0 aromatic heterocycles. The van der Waals surface area contributed by atoms with Crippen LogP contribution in [0.5, 0.6) is 11.5 Å². The summed E-state index contributed by atoms with van der Waals surface area (Å²) >= 11 is 0. The Morgan fingerprint density at radius 3 is 2.48 bits per heavy atom. The molecular formula is C20H28N2O5. The van der Waals surface area contributed by atoms with Crippen LogP contribution in [0.3, 0.4) is 0 Å². The lowest BCUT2D eigenvalue weighted by Crippen LogP contribution is -2.63. The number of ether oxygens (including phenoxy) is 2. The van der Waals surface area contributed by atoms with Gasteiger partial charge in [0.15, 0.2) is 11.5 Å². The molecule has 3 aliphatic rings. The summed E-state index contributed by atoms with van der Waals surface area (Å²) in [7, 11) is 1.60. The molecule has 3 fully saturated rings. The molecule has 1 aromatic carbocycles. The second-order valence-electron chi connectivity index (χ2n) is 8.12. The van der Waals surface area contributed by atoms with Gasteiger partial charge in [-0.15, -0.1) is 0 Å². The number of aliphatic hydroxyl groups excluding tert-OH is 2. The Bertz CT molecular complexity index is 687. The van der Waals surface area contributed by atoms with E-state index in [1.54, 1.807) is 7.11 Å². The van der Waals surface area contributed by atoms with E-state index < -0.39 is 11.5 Å². The molecule has 3 N–H and O–H groups in total. The third kappa shape index (κ3) is 3.28.